The molecule has 3 aromatic rings. The summed E-state index contributed by atoms with van der Waals surface area (Å²) >= 11 is 1.34. The van der Waals surface area contributed by atoms with Gasteiger partial charge in [-0.1, -0.05) is 17.4 Å². The van der Waals surface area contributed by atoms with Crippen LogP contribution in [0.3, 0.4) is 0 Å². The van der Waals surface area contributed by atoms with Crippen LogP contribution in [0.1, 0.15) is 37.9 Å². The van der Waals surface area contributed by atoms with Gasteiger partial charge in [-0.15, -0.1) is 5.10 Å². The Morgan fingerprint density at radius 3 is 2.79 bits per heavy atom. The van der Waals surface area contributed by atoms with E-state index in [1.165, 1.54) is 21.9 Å². The zero-order valence-electron chi connectivity index (χ0n) is 19.2. The Hall–Kier alpha value is -3.14. The third-order valence-corrected chi connectivity index (χ3v) is 6.43. The molecule has 0 saturated carbocycles. The second-order valence-corrected chi connectivity index (χ2v) is 8.79. The summed E-state index contributed by atoms with van der Waals surface area (Å²) in [5, 5.41) is 8.13. The molecule has 10 heteroatoms. The number of hydrogen-bond acceptors (Lipinski definition) is 8. The number of fused-ring (bicyclic) bond motifs is 1. The molecule has 4 rings (SSSR count). The van der Waals surface area contributed by atoms with Gasteiger partial charge >= 0.3 is 0 Å². The fourth-order valence-electron chi connectivity index (χ4n) is 3.99. The molecule has 1 fully saturated rings. The number of carbonyl (C=O) groups is 1. The molecule has 9 nitrogen and oxygen atoms in total. The van der Waals surface area contributed by atoms with Crippen LogP contribution in [0.15, 0.2) is 29.1 Å². The molecule has 0 unspecified atom stereocenters. The first-order valence-corrected chi connectivity index (χ1v) is 12.1. The van der Waals surface area contributed by atoms with E-state index in [9.17, 15) is 9.59 Å². The number of ether oxygens (including phenoxy) is 2. The Morgan fingerprint density at radius 2 is 2.00 bits per heavy atom. The predicted molar refractivity (Wildman–Crippen MR) is 128 cm³/mol. The van der Waals surface area contributed by atoms with Crippen molar-refractivity contribution in [1.82, 2.24) is 19.9 Å². The fraction of sp³-hybridized carbons (Fsp3) is 0.478. The molecule has 0 spiro atoms. The van der Waals surface area contributed by atoms with E-state index in [1.54, 1.807) is 6.92 Å². The maximum atomic E-state index is 13.0. The van der Waals surface area contributed by atoms with Gasteiger partial charge in [0.2, 0.25) is 16.0 Å². The number of hydrogen-bond donors (Lipinski definition) is 1. The van der Waals surface area contributed by atoms with Gasteiger partial charge in [0, 0.05) is 24.8 Å². The summed E-state index contributed by atoms with van der Waals surface area (Å²) in [4.78, 5) is 32.1. The molecule has 1 atom stereocenters. The molecular formula is C23H29N5O4S. The Morgan fingerprint density at radius 1 is 1.21 bits per heavy atom. The topological polar surface area (TPSA) is 98.1 Å². The lowest BCUT2D eigenvalue weighted by Gasteiger charge is -2.22. The van der Waals surface area contributed by atoms with Crippen LogP contribution in [0.5, 0.6) is 11.5 Å². The molecule has 1 aliphatic heterocycles. The average Bonchev–Trinajstić information content (AvgIpc) is 3.43. The van der Waals surface area contributed by atoms with E-state index in [4.69, 9.17) is 9.47 Å². The Labute approximate surface area is 196 Å². The summed E-state index contributed by atoms with van der Waals surface area (Å²) in [6.07, 6.45) is 2.33. The summed E-state index contributed by atoms with van der Waals surface area (Å²) in [6, 6.07) is 7.03. The van der Waals surface area contributed by atoms with E-state index >= 15 is 0 Å². The van der Waals surface area contributed by atoms with E-state index < -0.39 is 0 Å². The van der Waals surface area contributed by atoms with Crippen LogP contribution in [0.25, 0.3) is 4.96 Å². The van der Waals surface area contributed by atoms with Crippen molar-refractivity contribution < 1.29 is 14.3 Å². The van der Waals surface area contributed by atoms with Crippen LogP contribution < -0.4 is 25.2 Å². The molecule has 2 aromatic heterocycles. The van der Waals surface area contributed by atoms with Gasteiger partial charge in [-0.25, -0.2) is 4.98 Å². The molecular weight excluding hydrogens is 442 g/mol. The molecule has 33 heavy (non-hydrogen) atoms. The molecule has 1 saturated heterocycles. The smallest absolute Gasteiger partial charge is 0.275 e. The number of anilines is 1. The number of rotatable bonds is 9. The second-order valence-electron chi connectivity index (χ2n) is 7.85. The van der Waals surface area contributed by atoms with Crippen molar-refractivity contribution in [2.45, 2.75) is 46.1 Å². The van der Waals surface area contributed by atoms with Gasteiger partial charge in [-0.05, 0) is 57.7 Å². The standard InChI is InChI=1S/C23H29N5O4S/c1-4-31-18-9-8-16(14-19(18)32-5-2)10-11-24-21(30)17-7-6-12-27(17)23-26-28-20(29)13-15(3)25-22(28)33-23/h8-9,13-14,17H,4-7,10-12H2,1-3H3,(H,24,30)/t17-/m1/s1. The normalized spacial score (nSPS) is 15.7. The highest BCUT2D eigenvalue weighted by molar-refractivity contribution is 7.20. The van der Waals surface area contributed by atoms with Crippen molar-refractivity contribution in [3.8, 4) is 11.5 Å². The average molecular weight is 472 g/mol. The van der Waals surface area contributed by atoms with E-state index in [0.29, 0.717) is 42.0 Å². The minimum Gasteiger partial charge on any atom is -0.490 e. The van der Waals surface area contributed by atoms with Crippen LogP contribution in [0.2, 0.25) is 0 Å². The molecule has 1 aromatic carbocycles. The van der Waals surface area contributed by atoms with Gasteiger partial charge in [0.05, 0.1) is 13.2 Å². The number of aromatic nitrogens is 3. The summed E-state index contributed by atoms with van der Waals surface area (Å²) in [7, 11) is 0. The van der Waals surface area contributed by atoms with Crippen molar-refractivity contribution in [3.05, 3.63) is 45.9 Å². The van der Waals surface area contributed by atoms with E-state index in [2.05, 4.69) is 15.4 Å². The molecule has 1 amide bonds. The molecule has 0 radical (unpaired) electrons. The minimum atomic E-state index is -0.304. The fourth-order valence-corrected chi connectivity index (χ4v) is 5.02. The number of amides is 1. The highest BCUT2D eigenvalue weighted by atomic mass is 32.1. The third kappa shape index (κ3) is 5.11. The highest BCUT2D eigenvalue weighted by Crippen LogP contribution is 2.30. The first kappa shape index (κ1) is 23.0. The van der Waals surface area contributed by atoms with Crippen LogP contribution in [-0.4, -0.2) is 52.9 Å². The summed E-state index contributed by atoms with van der Waals surface area (Å²) < 4.78 is 12.6. The largest absolute Gasteiger partial charge is 0.490 e. The highest BCUT2D eigenvalue weighted by Gasteiger charge is 2.33. The van der Waals surface area contributed by atoms with Gasteiger partial charge in [0.15, 0.2) is 11.5 Å². The number of nitrogens with one attached hydrogen (secondary N) is 1. The lowest BCUT2D eigenvalue weighted by molar-refractivity contribution is -0.122. The van der Waals surface area contributed by atoms with Crippen molar-refractivity contribution in [1.29, 1.82) is 0 Å². The first-order chi connectivity index (χ1) is 16.0. The Bertz CT molecular complexity index is 1190. The van der Waals surface area contributed by atoms with Gasteiger partial charge < -0.3 is 19.7 Å². The van der Waals surface area contributed by atoms with Gasteiger partial charge in [-0.2, -0.15) is 4.52 Å². The van der Waals surface area contributed by atoms with E-state index in [-0.39, 0.29) is 17.5 Å². The van der Waals surface area contributed by atoms with Crippen molar-refractivity contribution in [3.63, 3.8) is 0 Å². The van der Waals surface area contributed by atoms with E-state index in [1.807, 2.05) is 36.9 Å². The maximum absolute atomic E-state index is 13.0. The van der Waals surface area contributed by atoms with Crippen LogP contribution in [-0.2, 0) is 11.2 Å². The van der Waals surface area contributed by atoms with E-state index in [0.717, 1.165) is 36.4 Å². The molecule has 1 aliphatic rings. The molecule has 0 bridgehead atoms. The Kier molecular flexibility index (Phi) is 7.12. The number of carbonyl (C=O) groups excluding carboxylic acids is 1. The molecule has 3 heterocycles. The minimum absolute atomic E-state index is 0.0285. The number of benzene rings is 1. The third-order valence-electron chi connectivity index (χ3n) is 5.48. The van der Waals surface area contributed by atoms with Crippen molar-refractivity contribution in [2.24, 2.45) is 0 Å². The maximum Gasteiger partial charge on any atom is 0.275 e. The van der Waals surface area contributed by atoms with Crippen LogP contribution >= 0.6 is 11.3 Å². The zero-order chi connectivity index (χ0) is 23.4. The summed E-state index contributed by atoms with van der Waals surface area (Å²) in [5.74, 6) is 1.42. The Balaban J connectivity index is 1.40. The van der Waals surface area contributed by atoms with Gasteiger partial charge in [-0.3, -0.25) is 9.59 Å². The summed E-state index contributed by atoms with van der Waals surface area (Å²) in [5.41, 5.74) is 1.52. The molecule has 1 N–H and O–H groups in total. The molecule has 0 aliphatic carbocycles. The lowest BCUT2D eigenvalue weighted by atomic mass is 10.1. The second kappa shape index (κ2) is 10.2. The van der Waals surface area contributed by atoms with Crippen LogP contribution in [0, 0.1) is 6.92 Å². The predicted octanol–water partition coefficient (Wildman–Crippen LogP) is 2.58. The van der Waals surface area contributed by atoms with Crippen LogP contribution in [0.4, 0.5) is 5.13 Å². The quantitative estimate of drug-likeness (QED) is 0.512. The lowest BCUT2D eigenvalue weighted by Crippen LogP contribution is -2.44. The van der Waals surface area contributed by atoms with Gasteiger partial charge in [0.25, 0.3) is 5.56 Å². The van der Waals surface area contributed by atoms with Crippen molar-refractivity contribution >= 4 is 27.3 Å². The van der Waals surface area contributed by atoms with Crippen molar-refractivity contribution in [2.75, 3.05) is 31.2 Å². The molecule has 176 valence electrons. The number of nitrogens with zero attached hydrogens (tertiary/aromatic N) is 4. The number of aryl methyl sites for hydroxylation is 1. The monoisotopic (exact) mass is 471 g/mol. The zero-order valence-corrected chi connectivity index (χ0v) is 20.0. The summed E-state index contributed by atoms with van der Waals surface area (Å²) in [6.45, 7) is 8.04. The first-order valence-electron chi connectivity index (χ1n) is 11.3. The van der Waals surface area contributed by atoms with Gasteiger partial charge in [0.1, 0.15) is 6.04 Å². The SMILES string of the molecule is CCOc1ccc(CCNC(=O)[C@H]2CCCN2c2nn3c(=O)cc(C)nc3s2)cc1OCC.